The third-order valence-electron chi connectivity index (χ3n) is 8.64. The highest BCUT2D eigenvalue weighted by Crippen LogP contribution is 2.57. The Kier molecular flexibility index (Phi) is 6.77. The van der Waals surface area contributed by atoms with E-state index in [4.69, 9.17) is 5.73 Å². The van der Waals surface area contributed by atoms with Crippen LogP contribution in [0, 0.1) is 11.8 Å². The van der Waals surface area contributed by atoms with Gasteiger partial charge in [0.1, 0.15) is 22.8 Å². The van der Waals surface area contributed by atoms with E-state index in [0.717, 1.165) is 12.0 Å². The molecule has 1 aromatic carbocycles. The minimum Gasteiger partial charge on any atom is -0.508 e. The molecule has 212 valence electrons. The molecule has 7 N–H and O–H groups in total. The van der Waals surface area contributed by atoms with Crippen LogP contribution in [-0.4, -0.2) is 79.7 Å². The van der Waals surface area contributed by atoms with Crippen LogP contribution in [0.15, 0.2) is 23.0 Å². The summed E-state index contributed by atoms with van der Waals surface area (Å²) in [7, 11) is 2.96. The first-order chi connectivity index (χ1) is 17.9. The Bertz CT molecular complexity index is 1350. The molecule has 0 heterocycles. The van der Waals surface area contributed by atoms with E-state index in [1.165, 1.54) is 19.0 Å². The van der Waals surface area contributed by atoms with E-state index in [0.29, 0.717) is 17.5 Å². The number of aromatic hydroxyl groups is 1. The van der Waals surface area contributed by atoms with Gasteiger partial charge in [0.05, 0.1) is 23.6 Å². The Morgan fingerprint density at radius 2 is 1.74 bits per heavy atom. The molecule has 6 atom stereocenters. The number of benzene rings is 1. The number of Topliss-reactive ketones (excluding diaryl/α,β-unsaturated/α-hetero) is 2. The molecule has 0 radical (unpaired) electrons. The van der Waals surface area contributed by atoms with Crippen LogP contribution < -0.4 is 5.73 Å². The minimum absolute atomic E-state index is 0.0434. The lowest BCUT2D eigenvalue weighted by Crippen LogP contribution is -2.70. The number of likely N-dealkylation sites (N-methyl/N-ethyl adjacent to an activating group) is 1. The van der Waals surface area contributed by atoms with Gasteiger partial charge in [-0.05, 0) is 43.0 Å². The van der Waals surface area contributed by atoms with Gasteiger partial charge in [-0.25, -0.2) is 0 Å². The number of nitrogens with zero attached hydrogens (tertiary/aromatic N) is 1. The fourth-order valence-electron chi connectivity index (χ4n) is 6.92. The molecule has 6 unspecified atom stereocenters. The molecule has 0 spiro atoms. The summed E-state index contributed by atoms with van der Waals surface area (Å²) in [6.07, 6.45) is -0.252. The smallest absolute Gasteiger partial charge is 0.255 e. The van der Waals surface area contributed by atoms with E-state index >= 15 is 0 Å². The van der Waals surface area contributed by atoms with Crippen LogP contribution in [-0.2, 0) is 26.2 Å². The van der Waals surface area contributed by atoms with E-state index in [2.05, 4.69) is 0 Å². The van der Waals surface area contributed by atoms with Crippen molar-refractivity contribution in [1.29, 1.82) is 0 Å². The highest BCUT2D eigenvalue weighted by Gasteiger charge is 2.68. The summed E-state index contributed by atoms with van der Waals surface area (Å²) in [5, 5.41) is 57.7. The summed E-state index contributed by atoms with van der Waals surface area (Å²) in [5.74, 6) is -8.78. The second-order valence-corrected chi connectivity index (χ2v) is 12.3. The summed E-state index contributed by atoms with van der Waals surface area (Å²) >= 11 is 0. The van der Waals surface area contributed by atoms with Gasteiger partial charge in [-0.1, -0.05) is 47.1 Å². The fraction of sp³-hybridized carbons (Fsp3) is 0.552. The van der Waals surface area contributed by atoms with Crippen molar-refractivity contribution < 1.29 is 39.9 Å². The number of fused-ring (bicyclic) bond motifs is 3. The third-order valence-corrected chi connectivity index (χ3v) is 8.64. The van der Waals surface area contributed by atoms with Crippen LogP contribution in [0.3, 0.4) is 0 Å². The SMILES string of the molecule is CCCc1cc(C(C)(C)C)c(O)c2c1C(C)C1C(=C2O)C(=O)C2(O)C(O)=C(C(N)=O)C(=O)C(N(C)C)C2C1O. The monoisotopic (exact) mass is 542 g/mol. The molecular formula is C29H38N2O8. The number of aliphatic hydroxyl groups is 4. The van der Waals surface area contributed by atoms with Crippen LogP contribution in [0.1, 0.15) is 69.2 Å². The van der Waals surface area contributed by atoms with Crippen molar-refractivity contribution in [2.75, 3.05) is 14.1 Å². The largest absolute Gasteiger partial charge is 0.508 e. The topological polar surface area (TPSA) is 182 Å². The van der Waals surface area contributed by atoms with E-state index in [-0.39, 0.29) is 16.9 Å². The van der Waals surface area contributed by atoms with Crippen molar-refractivity contribution in [3.8, 4) is 5.75 Å². The van der Waals surface area contributed by atoms with Gasteiger partial charge in [0, 0.05) is 17.1 Å². The summed E-state index contributed by atoms with van der Waals surface area (Å²) in [4.78, 5) is 41.0. The number of phenolic OH excluding ortho intramolecular Hbond substituents is 1. The van der Waals surface area contributed by atoms with E-state index in [1.807, 2.05) is 33.8 Å². The number of rotatable bonds is 4. The lowest BCUT2D eigenvalue weighted by Gasteiger charge is -2.54. The van der Waals surface area contributed by atoms with Crippen molar-refractivity contribution in [1.82, 2.24) is 4.90 Å². The molecule has 1 fully saturated rings. The number of hydrogen-bond donors (Lipinski definition) is 6. The molecule has 0 bridgehead atoms. The minimum atomic E-state index is -2.92. The van der Waals surface area contributed by atoms with Gasteiger partial charge in [-0.2, -0.15) is 0 Å². The molecule has 1 saturated carbocycles. The number of carbonyl (C=O) groups excluding carboxylic acids is 3. The maximum absolute atomic E-state index is 14.1. The van der Waals surface area contributed by atoms with Crippen molar-refractivity contribution in [2.45, 2.75) is 76.5 Å². The zero-order chi connectivity index (χ0) is 29.5. The molecule has 0 aliphatic heterocycles. The lowest BCUT2D eigenvalue weighted by molar-refractivity contribution is -0.169. The Morgan fingerprint density at radius 3 is 2.23 bits per heavy atom. The zero-order valence-corrected chi connectivity index (χ0v) is 23.4. The number of phenols is 1. The summed E-state index contributed by atoms with van der Waals surface area (Å²) in [6.45, 7) is 9.46. The van der Waals surface area contributed by atoms with Crippen LogP contribution in [0.5, 0.6) is 5.75 Å². The zero-order valence-electron chi connectivity index (χ0n) is 23.4. The molecule has 3 aliphatic rings. The molecule has 39 heavy (non-hydrogen) atoms. The van der Waals surface area contributed by atoms with Crippen LogP contribution >= 0.6 is 0 Å². The van der Waals surface area contributed by atoms with Crippen LogP contribution in [0.2, 0.25) is 0 Å². The third kappa shape index (κ3) is 3.76. The average Bonchev–Trinajstić information content (AvgIpc) is 2.81. The molecule has 3 aliphatic carbocycles. The quantitative estimate of drug-likeness (QED) is 0.309. The van der Waals surface area contributed by atoms with Crippen molar-refractivity contribution >= 4 is 23.2 Å². The normalized spacial score (nSPS) is 30.9. The van der Waals surface area contributed by atoms with Gasteiger partial charge in [-0.3, -0.25) is 19.3 Å². The first-order valence-corrected chi connectivity index (χ1v) is 13.2. The van der Waals surface area contributed by atoms with E-state index < -0.39 is 75.5 Å². The standard InChI is InChI=1S/C29H38N2O8/c1-8-9-12-10-13(28(3,4)5)21(32)16-14(12)11(2)15-17(22(16)33)25(36)29(39)19(23(15)34)20(31(6)7)24(35)18(26(29)37)27(30)38/h10-11,15,19-20,23,32-34,37,39H,8-9H2,1-7H3,(H2,30,38). The van der Waals surface area contributed by atoms with Crippen molar-refractivity contribution in [3.05, 3.63) is 45.2 Å². The van der Waals surface area contributed by atoms with Gasteiger partial charge in [-0.15, -0.1) is 0 Å². The first-order valence-electron chi connectivity index (χ1n) is 13.2. The van der Waals surface area contributed by atoms with Gasteiger partial charge in [0.2, 0.25) is 5.78 Å². The molecule has 0 saturated heterocycles. The maximum Gasteiger partial charge on any atom is 0.255 e. The molecule has 1 aromatic rings. The number of aliphatic hydroxyl groups excluding tert-OH is 3. The molecule has 10 heteroatoms. The molecule has 10 nitrogen and oxygen atoms in total. The van der Waals surface area contributed by atoms with Crippen LogP contribution in [0.4, 0.5) is 0 Å². The van der Waals surface area contributed by atoms with E-state index in [9.17, 15) is 39.9 Å². The second kappa shape index (κ2) is 9.18. The first kappa shape index (κ1) is 28.8. The Labute approximate surface area is 227 Å². The van der Waals surface area contributed by atoms with Crippen LogP contribution in [0.25, 0.3) is 5.76 Å². The summed E-state index contributed by atoms with van der Waals surface area (Å²) in [6, 6.07) is 0.511. The molecule has 0 aromatic heterocycles. The maximum atomic E-state index is 14.1. The highest BCUT2D eigenvalue weighted by atomic mass is 16.4. The fourth-order valence-corrected chi connectivity index (χ4v) is 6.92. The second-order valence-electron chi connectivity index (χ2n) is 12.3. The summed E-state index contributed by atoms with van der Waals surface area (Å²) in [5.41, 5.74) is 2.62. The Hall–Kier alpha value is -3.21. The van der Waals surface area contributed by atoms with Crippen molar-refractivity contribution in [2.24, 2.45) is 17.6 Å². The number of nitrogens with two attached hydrogens (primary N) is 1. The Morgan fingerprint density at radius 1 is 1.15 bits per heavy atom. The van der Waals surface area contributed by atoms with Gasteiger partial charge >= 0.3 is 0 Å². The molecule has 4 rings (SSSR count). The number of hydrogen-bond acceptors (Lipinski definition) is 9. The average molecular weight is 543 g/mol. The summed E-state index contributed by atoms with van der Waals surface area (Å²) < 4.78 is 0. The number of primary amides is 1. The number of carbonyl (C=O) groups is 3. The van der Waals surface area contributed by atoms with Gasteiger partial charge < -0.3 is 31.3 Å². The van der Waals surface area contributed by atoms with Crippen molar-refractivity contribution in [3.63, 3.8) is 0 Å². The number of amides is 1. The molecule has 1 amide bonds. The van der Waals surface area contributed by atoms with E-state index in [1.54, 1.807) is 6.92 Å². The predicted octanol–water partition coefficient (Wildman–Crippen LogP) is 1.75. The lowest BCUT2D eigenvalue weighted by atomic mass is 9.54. The van der Waals surface area contributed by atoms with Gasteiger partial charge in [0.25, 0.3) is 5.91 Å². The number of aryl methyl sites for hydroxylation is 1. The Balaban J connectivity index is 2.11. The number of ketones is 2. The van der Waals surface area contributed by atoms with Gasteiger partial charge in [0.15, 0.2) is 11.4 Å². The molecular weight excluding hydrogens is 504 g/mol. The predicted molar refractivity (Wildman–Crippen MR) is 143 cm³/mol. The highest BCUT2D eigenvalue weighted by molar-refractivity contribution is 6.24.